The largest absolute Gasteiger partial charge is 0.475 e. The van der Waals surface area contributed by atoms with E-state index in [1.807, 2.05) is 0 Å². The van der Waals surface area contributed by atoms with Crippen molar-refractivity contribution in [3.8, 4) is 0 Å². The minimum Gasteiger partial charge on any atom is -0.475 e. The minimum absolute atomic E-state index is 0.258. The predicted molar refractivity (Wildman–Crippen MR) is 105 cm³/mol. The molecule has 0 radical (unpaired) electrons. The fourth-order valence-electron chi connectivity index (χ4n) is 4.41. The van der Waals surface area contributed by atoms with Crippen LogP contribution in [0.3, 0.4) is 0 Å². The molecule has 2 aliphatic carbocycles. The first-order chi connectivity index (χ1) is 11.6. The van der Waals surface area contributed by atoms with Gasteiger partial charge < -0.3 is 14.6 Å². The molecule has 0 aliphatic heterocycles. The van der Waals surface area contributed by atoms with E-state index in [4.69, 9.17) is 21.7 Å². The molecule has 0 spiro atoms. The Kier molecular flexibility index (Phi) is 9.38. The van der Waals surface area contributed by atoms with Crippen LogP contribution in [0.15, 0.2) is 0 Å². The second-order valence-corrected chi connectivity index (χ2v) is 8.69. The first-order valence-electron chi connectivity index (χ1n) is 9.79. The van der Waals surface area contributed by atoms with Crippen molar-refractivity contribution in [1.82, 2.24) is 0 Å². The maximum absolute atomic E-state index is 10.0. The summed E-state index contributed by atoms with van der Waals surface area (Å²) in [6.07, 6.45) is 12.7. The molecule has 140 valence electrons. The van der Waals surface area contributed by atoms with Crippen LogP contribution in [0.1, 0.15) is 77.6 Å². The molecule has 5 heteroatoms. The first kappa shape index (κ1) is 20.5. The van der Waals surface area contributed by atoms with E-state index in [1.54, 1.807) is 0 Å². The van der Waals surface area contributed by atoms with Crippen molar-refractivity contribution in [3.63, 3.8) is 0 Å². The van der Waals surface area contributed by atoms with Gasteiger partial charge in [-0.25, -0.2) is 0 Å². The van der Waals surface area contributed by atoms with E-state index in [2.05, 4.69) is 19.6 Å². The number of rotatable bonds is 12. The molecule has 0 heterocycles. The van der Waals surface area contributed by atoms with Crippen LogP contribution in [-0.4, -0.2) is 28.5 Å². The Hall–Kier alpha value is 0.160. The molecule has 2 aliphatic rings. The van der Waals surface area contributed by atoms with Gasteiger partial charge in [-0.15, -0.1) is 0 Å². The van der Waals surface area contributed by atoms with Gasteiger partial charge in [0.2, 0.25) is 4.38 Å². The third-order valence-electron chi connectivity index (χ3n) is 5.75. The average molecular weight is 375 g/mol. The highest BCUT2D eigenvalue weighted by Crippen LogP contribution is 2.49. The molecule has 5 atom stereocenters. The molecule has 2 bridgehead atoms. The molecule has 0 saturated heterocycles. The van der Waals surface area contributed by atoms with E-state index < -0.39 is 6.29 Å². The monoisotopic (exact) mass is 374 g/mol. The van der Waals surface area contributed by atoms with Gasteiger partial charge >= 0.3 is 0 Å². The SMILES string of the molecule is CCCCCCCCCC(O)OCC1CC2CC1CC2OC(=S)S. The Morgan fingerprint density at radius 2 is 1.79 bits per heavy atom. The predicted octanol–water partition coefficient (Wildman–Crippen LogP) is 5.11. The molecule has 0 aromatic rings. The standard InChI is InChI=1S/C19H34O3S2/c1-2-3-4-5-6-7-8-9-18(20)21-13-16-11-15-10-14(16)12-17(15)22-19(23)24/h14-18,20H,2-13H2,1H3,(H,23,24). The Labute approximate surface area is 158 Å². The summed E-state index contributed by atoms with van der Waals surface area (Å²) >= 11 is 9.00. The van der Waals surface area contributed by atoms with Crippen molar-refractivity contribution in [3.05, 3.63) is 0 Å². The van der Waals surface area contributed by atoms with Crippen molar-refractivity contribution in [2.24, 2.45) is 17.8 Å². The topological polar surface area (TPSA) is 38.7 Å². The van der Waals surface area contributed by atoms with Crippen molar-refractivity contribution in [2.45, 2.75) is 89.9 Å². The molecular weight excluding hydrogens is 340 g/mol. The van der Waals surface area contributed by atoms with E-state index in [0.717, 1.165) is 25.7 Å². The van der Waals surface area contributed by atoms with Gasteiger partial charge in [-0.2, -0.15) is 0 Å². The van der Waals surface area contributed by atoms with Crippen LogP contribution >= 0.6 is 24.8 Å². The van der Waals surface area contributed by atoms with Gasteiger partial charge in [0.25, 0.3) is 0 Å². The number of fused-ring (bicyclic) bond motifs is 2. The van der Waals surface area contributed by atoms with Crippen LogP contribution < -0.4 is 0 Å². The van der Waals surface area contributed by atoms with Crippen LogP contribution in [-0.2, 0) is 9.47 Å². The molecule has 24 heavy (non-hydrogen) atoms. The van der Waals surface area contributed by atoms with Gasteiger partial charge in [-0.05, 0) is 62.1 Å². The number of unbranched alkanes of at least 4 members (excludes halogenated alkanes) is 6. The number of thiocarbonyl (C=S) groups is 1. The number of aliphatic hydroxyl groups excluding tert-OH is 1. The molecule has 0 aromatic heterocycles. The van der Waals surface area contributed by atoms with E-state index in [0.29, 0.717) is 28.7 Å². The fourth-order valence-corrected chi connectivity index (χ4v) is 4.67. The second kappa shape index (κ2) is 11.0. The number of thiol groups is 1. The summed E-state index contributed by atoms with van der Waals surface area (Å²) in [7, 11) is 0. The highest BCUT2D eigenvalue weighted by molar-refractivity contribution is 8.10. The number of ether oxygens (including phenoxy) is 2. The molecule has 3 nitrogen and oxygen atoms in total. The summed E-state index contributed by atoms with van der Waals surface area (Å²) in [4.78, 5) is 0. The van der Waals surface area contributed by atoms with Crippen LogP contribution in [0.5, 0.6) is 0 Å². The molecule has 2 saturated carbocycles. The summed E-state index contributed by atoms with van der Waals surface area (Å²) in [5, 5.41) is 10.0. The average Bonchev–Trinajstić information content (AvgIpc) is 3.11. The molecule has 5 unspecified atom stereocenters. The molecule has 2 fully saturated rings. The molecule has 1 N–H and O–H groups in total. The lowest BCUT2D eigenvalue weighted by atomic mass is 9.88. The number of hydrogen-bond donors (Lipinski definition) is 2. The summed E-state index contributed by atoms with van der Waals surface area (Å²) in [6.45, 7) is 2.93. The van der Waals surface area contributed by atoms with Crippen molar-refractivity contribution >= 4 is 29.2 Å². The first-order valence-corrected chi connectivity index (χ1v) is 10.6. The van der Waals surface area contributed by atoms with Crippen molar-refractivity contribution in [1.29, 1.82) is 0 Å². The van der Waals surface area contributed by atoms with Crippen LogP contribution in [0, 0.1) is 17.8 Å². The maximum Gasteiger partial charge on any atom is 0.217 e. The number of hydrogen-bond acceptors (Lipinski definition) is 4. The lowest BCUT2D eigenvalue weighted by Crippen LogP contribution is -2.29. The van der Waals surface area contributed by atoms with Crippen LogP contribution in [0.2, 0.25) is 0 Å². The highest BCUT2D eigenvalue weighted by Gasteiger charge is 2.47. The van der Waals surface area contributed by atoms with Gasteiger partial charge in [-0.1, -0.05) is 58.1 Å². The van der Waals surface area contributed by atoms with Crippen molar-refractivity contribution in [2.75, 3.05) is 6.61 Å². The summed E-state index contributed by atoms with van der Waals surface area (Å²) < 4.78 is 11.7. The quantitative estimate of drug-likeness (QED) is 0.215. The highest BCUT2D eigenvalue weighted by atomic mass is 32.1. The summed E-state index contributed by atoms with van der Waals surface area (Å²) in [5.74, 6) is 1.83. The summed E-state index contributed by atoms with van der Waals surface area (Å²) in [5.41, 5.74) is 0. The van der Waals surface area contributed by atoms with E-state index >= 15 is 0 Å². The van der Waals surface area contributed by atoms with Gasteiger partial charge in [0.15, 0.2) is 6.29 Å². The molecular formula is C19H34O3S2. The third-order valence-corrected chi connectivity index (χ3v) is 5.95. The Balaban J connectivity index is 1.50. The third kappa shape index (κ3) is 6.81. The van der Waals surface area contributed by atoms with E-state index in [-0.39, 0.29) is 6.10 Å². The molecule has 0 aromatic carbocycles. The Morgan fingerprint density at radius 3 is 2.42 bits per heavy atom. The zero-order valence-corrected chi connectivity index (χ0v) is 16.7. The second-order valence-electron chi connectivity index (χ2n) is 7.61. The lowest BCUT2D eigenvalue weighted by molar-refractivity contribution is -0.119. The molecule has 2 rings (SSSR count). The van der Waals surface area contributed by atoms with Crippen LogP contribution in [0.25, 0.3) is 0 Å². The Bertz CT molecular complexity index is 378. The fraction of sp³-hybridized carbons (Fsp3) is 0.947. The Morgan fingerprint density at radius 1 is 1.08 bits per heavy atom. The van der Waals surface area contributed by atoms with Gasteiger partial charge in [0.05, 0.1) is 6.61 Å². The van der Waals surface area contributed by atoms with E-state index in [9.17, 15) is 5.11 Å². The van der Waals surface area contributed by atoms with E-state index in [1.165, 1.54) is 44.9 Å². The number of aliphatic hydroxyl groups is 1. The maximum atomic E-state index is 10.0. The lowest BCUT2D eigenvalue weighted by Gasteiger charge is -2.28. The zero-order valence-electron chi connectivity index (χ0n) is 15.0. The minimum atomic E-state index is -0.586. The van der Waals surface area contributed by atoms with Gasteiger partial charge in [0.1, 0.15) is 6.10 Å². The normalized spacial score (nSPS) is 29.8. The molecule has 0 amide bonds. The van der Waals surface area contributed by atoms with Gasteiger partial charge in [0, 0.05) is 0 Å². The van der Waals surface area contributed by atoms with Gasteiger partial charge in [-0.3, -0.25) is 0 Å². The van der Waals surface area contributed by atoms with Crippen LogP contribution in [0.4, 0.5) is 0 Å². The van der Waals surface area contributed by atoms with Crippen molar-refractivity contribution < 1.29 is 14.6 Å². The smallest absolute Gasteiger partial charge is 0.217 e. The summed E-state index contributed by atoms with van der Waals surface area (Å²) in [6, 6.07) is 0. The zero-order chi connectivity index (χ0) is 17.4.